The van der Waals surface area contributed by atoms with E-state index in [9.17, 15) is 4.79 Å². The Labute approximate surface area is 178 Å². The average molecular weight is 410 g/mol. The van der Waals surface area contributed by atoms with Crippen LogP contribution in [0, 0.1) is 5.92 Å². The van der Waals surface area contributed by atoms with Crippen LogP contribution < -0.4 is 20.1 Å². The summed E-state index contributed by atoms with van der Waals surface area (Å²) in [5.74, 6) is 2.32. The molecule has 1 unspecified atom stereocenters. The number of nitrogens with zero attached hydrogens (tertiary/aromatic N) is 1. The van der Waals surface area contributed by atoms with Crippen molar-refractivity contribution in [2.24, 2.45) is 5.92 Å². The van der Waals surface area contributed by atoms with Gasteiger partial charge in [-0.25, -0.2) is 4.79 Å². The number of hydrogen-bond donors (Lipinski definition) is 2. The van der Waals surface area contributed by atoms with Crippen LogP contribution in [-0.4, -0.2) is 43.3 Å². The summed E-state index contributed by atoms with van der Waals surface area (Å²) in [4.78, 5) is 14.7. The van der Waals surface area contributed by atoms with Gasteiger partial charge in [0.05, 0.1) is 6.54 Å². The second-order valence-electron chi connectivity index (χ2n) is 8.34. The van der Waals surface area contributed by atoms with E-state index in [1.54, 1.807) is 0 Å². The van der Waals surface area contributed by atoms with Gasteiger partial charge in [0.1, 0.15) is 6.61 Å². The quantitative estimate of drug-likeness (QED) is 0.766. The van der Waals surface area contributed by atoms with Crippen LogP contribution in [0.25, 0.3) is 0 Å². The molecule has 160 valence electrons. The fraction of sp³-hybridized carbons (Fsp3) is 0.458. The summed E-state index contributed by atoms with van der Waals surface area (Å²) >= 11 is 0. The summed E-state index contributed by atoms with van der Waals surface area (Å²) in [5.41, 5.74) is 2.42. The molecule has 2 aromatic carbocycles. The van der Waals surface area contributed by atoms with Crippen molar-refractivity contribution in [2.45, 2.75) is 39.0 Å². The number of carbonyl (C=O) groups is 1. The molecule has 6 heteroatoms. The van der Waals surface area contributed by atoms with Crippen molar-refractivity contribution in [1.29, 1.82) is 0 Å². The summed E-state index contributed by atoms with van der Waals surface area (Å²) in [6.07, 6.45) is 2.39. The molecule has 2 aliphatic rings. The van der Waals surface area contributed by atoms with Crippen LogP contribution in [-0.2, 0) is 13.1 Å². The van der Waals surface area contributed by atoms with Crippen LogP contribution >= 0.6 is 0 Å². The van der Waals surface area contributed by atoms with Gasteiger partial charge >= 0.3 is 6.03 Å². The van der Waals surface area contributed by atoms with E-state index in [4.69, 9.17) is 9.47 Å². The predicted molar refractivity (Wildman–Crippen MR) is 117 cm³/mol. The minimum atomic E-state index is -0.205. The Bertz CT molecular complexity index is 832. The van der Waals surface area contributed by atoms with Crippen molar-refractivity contribution in [3.05, 3.63) is 59.7 Å². The molecule has 0 aliphatic carbocycles. The van der Waals surface area contributed by atoms with Crippen LogP contribution in [0.2, 0.25) is 0 Å². The molecule has 30 heavy (non-hydrogen) atoms. The van der Waals surface area contributed by atoms with Gasteiger partial charge in [-0.3, -0.25) is 4.90 Å². The molecule has 0 radical (unpaired) electrons. The Kier molecular flexibility index (Phi) is 6.74. The molecule has 4 rings (SSSR count). The number of carbonyl (C=O) groups excluding carboxylic acids is 1. The van der Waals surface area contributed by atoms with Crippen LogP contribution in [0.15, 0.2) is 48.5 Å². The smallest absolute Gasteiger partial charge is 0.315 e. The molecule has 2 heterocycles. The Morgan fingerprint density at radius 2 is 1.70 bits per heavy atom. The van der Waals surface area contributed by atoms with Crippen LogP contribution in [0.5, 0.6) is 11.5 Å². The minimum absolute atomic E-state index is 0.192. The van der Waals surface area contributed by atoms with E-state index in [-0.39, 0.29) is 12.1 Å². The molecular formula is C24H31N3O3. The summed E-state index contributed by atoms with van der Waals surface area (Å²) in [6.45, 7) is 7.04. The Morgan fingerprint density at radius 3 is 2.47 bits per heavy atom. The number of urea groups is 1. The van der Waals surface area contributed by atoms with Crippen LogP contribution in [0.4, 0.5) is 4.79 Å². The Morgan fingerprint density at radius 1 is 1.00 bits per heavy atom. The summed E-state index contributed by atoms with van der Waals surface area (Å²) in [7, 11) is 0. The largest absolute Gasteiger partial charge is 0.486 e. The monoisotopic (exact) mass is 409 g/mol. The number of amides is 2. The van der Waals surface area contributed by atoms with Crippen molar-refractivity contribution in [3.8, 4) is 11.5 Å². The normalized spacial score (nSPS) is 19.3. The van der Waals surface area contributed by atoms with E-state index in [0.717, 1.165) is 29.5 Å². The Balaban J connectivity index is 1.16. The fourth-order valence-electron chi connectivity index (χ4n) is 3.86. The highest BCUT2D eigenvalue weighted by Gasteiger charge is 2.21. The Hall–Kier alpha value is -2.73. The van der Waals surface area contributed by atoms with Gasteiger partial charge in [-0.15, -0.1) is 0 Å². The summed E-state index contributed by atoms with van der Waals surface area (Å²) in [5, 5.41) is 5.77. The molecule has 1 atom stereocenters. The lowest BCUT2D eigenvalue weighted by Crippen LogP contribution is -2.44. The maximum Gasteiger partial charge on any atom is 0.315 e. The molecule has 2 N–H and O–H groups in total. The molecule has 0 saturated carbocycles. The first-order valence-electron chi connectivity index (χ1n) is 10.9. The molecule has 0 spiro atoms. The molecule has 6 nitrogen and oxygen atoms in total. The highest BCUT2D eigenvalue weighted by atomic mass is 16.6. The molecule has 2 aliphatic heterocycles. The van der Waals surface area contributed by atoms with Crippen molar-refractivity contribution >= 4 is 6.03 Å². The second kappa shape index (κ2) is 9.85. The number of ether oxygens (including phenoxy) is 2. The molecule has 1 fully saturated rings. The van der Waals surface area contributed by atoms with Gasteiger partial charge in [0.25, 0.3) is 0 Å². The van der Waals surface area contributed by atoms with Gasteiger partial charge < -0.3 is 20.1 Å². The number of para-hydroxylation sites is 2. The average Bonchev–Trinajstić information content (AvgIpc) is 2.78. The standard InChI is InChI=1S/C24H31N3O3/c1-18-10-12-27(13-11-18)16-20-8-6-19(7-9-20)14-25-24(28)26-15-21-17-29-22-4-2-3-5-23(22)30-21/h2-9,18,21H,10-17H2,1H3,(H2,25,26,28). The predicted octanol–water partition coefficient (Wildman–Crippen LogP) is 3.56. The first-order valence-corrected chi connectivity index (χ1v) is 10.9. The molecule has 0 bridgehead atoms. The van der Waals surface area contributed by atoms with E-state index in [1.165, 1.54) is 31.5 Å². The number of rotatable bonds is 6. The highest BCUT2D eigenvalue weighted by molar-refractivity contribution is 5.73. The van der Waals surface area contributed by atoms with Crippen molar-refractivity contribution in [3.63, 3.8) is 0 Å². The fourth-order valence-corrected chi connectivity index (χ4v) is 3.86. The van der Waals surface area contributed by atoms with Crippen molar-refractivity contribution < 1.29 is 14.3 Å². The summed E-state index contributed by atoms with van der Waals surface area (Å²) < 4.78 is 11.5. The highest BCUT2D eigenvalue weighted by Crippen LogP contribution is 2.30. The van der Waals surface area contributed by atoms with E-state index < -0.39 is 0 Å². The lowest BCUT2D eigenvalue weighted by Gasteiger charge is -2.30. The maximum absolute atomic E-state index is 12.1. The van der Waals surface area contributed by atoms with Gasteiger partial charge in [0.2, 0.25) is 0 Å². The number of piperidine rings is 1. The van der Waals surface area contributed by atoms with Crippen molar-refractivity contribution in [2.75, 3.05) is 26.2 Å². The third kappa shape index (κ3) is 5.66. The number of hydrogen-bond acceptors (Lipinski definition) is 4. The SMILES string of the molecule is CC1CCN(Cc2ccc(CNC(=O)NCC3COc4ccccc4O3)cc2)CC1. The molecule has 2 amide bonds. The number of benzene rings is 2. The van der Waals surface area contributed by atoms with Gasteiger partial charge in [-0.05, 0) is 55.1 Å². The zero-order valence-electron chi connectivity index (χ0n) is 17.6. The zero-order valence-corrected chi connectivity index (χ0v) is 17.6. The van der Waals surface area contributed by atoms with Crippen molar-refractivity contribution in [1.82, 2.24) is 15.5 Å². The second-order valence-corrected chi connectivity index (χ2v) is 8.34. The molecule has 2 aromatic rings. The molecule has 0 aromatic heterocycles. The van der Waals surface area contributed by atoms with E-state index in [2.05, 4.69) is 46.7 Å². The van der Waals surface area contributed by atoms with E-state index in [0.29, 0.717) is 19.7 Å². The van der Waals surface area contributed by atoms with Gasteiger partial charge in [-0.1, -0.05) is 43.3 Å². The first-order chi connectivity index (χ1) is 14.7. The molecular weight excluding hydrogens is 378 g/mol. The van der Waals surface area contributed by atoms with Crippen LogP contribution in [0.1, 0.15) is 30.9 Å². The number of nitrogens with one attached hydrogen (secondary N) is 2. The maximum atomic E-state index is 12.1. The third-order valence-corrected chi connectivity index (χ3v) is 5.82. The molecule has 1 saturated heterocycles. The van der Waals surface area contributed by atoms with E-state index in [1.807, 2.05) is 24.3 Å². The summed E-state index contributed by atoms with van der Waals surface area (Å²) in [6, 6.07) is 15.9. The third-order valence-electron chi connectivity index (χ3n) is 5.82. The van der Waals surface area contributed by atoms with Crippen LogP contribution in [0.3, 0.4) is 0 Å². The lowest BCUT2D eigenvalue weighted by atomic mass is 9.99. The zero-order chi connectivity index (χ0) is 20.8. The minimum Gasteiger partial charge on any atom is -0.486 e. The van der Waals surface area contributed by atoms with Gasteiger partial charge in [0.15, 0.2) is 17.6 Å². The van der Waals surface area contributed by atoms with E-state index >= 15 is 0 Å². The first kappa shape index (κ1) is 20.5. The lowest BCUT2D eigenvalue weighted by molar-refractivity contribution is 0.0918. The topological polar surface area (TPSA) is 62.8 Å². The number of fused-ring (bicyclic) bond motifs is 1. The van der Waals surface area contributed by atoms with Gasteiger partial charge in [0, 0.05) is 13.1 Å². The van der Waals surface area contributed by atoms with Gasteiger partial charge in [-0.2, -0.15) is 0 Å². The number of likely N-dealkylation sites (tertiary alicyclic amines) is 1.